The fraction of sp³-hybridized carbons (Fsp3) is 0.556. The molecule has 128 valence electrons. The first-order chi connectivity index (χ1) is 10.7. The van der Waals surface area contributed by atoms with E-state index in [1.807, 2.05) is 37.3 Å². The molecule has 0 aliphatic heterocycles. The summed E-state index contributed by atoms with van der Waals surface area (Å²) in [6.45, 7) is 7.49. The number of hydrogen-bond donors (Lipinski definition) is 2. The maximum Gasteiger partial charge on any atom is 0.407 e. The Kier molecular flexibility index (Phi) is 6.61. The Balaban J connectivity index is 2.68. The molecule has 0 bridgehead atoms. The predicted octanol–water partition coefficient (Wildman–Crippen LogP) is 3.62. The van der Waals surface area contributed by atoms with Crippen molar-refractivity contribution in [3.63, 3.8) is 0 Å². The van der Waals surface area contributed by atoms with Crippen molar-refractivity contribution in [2.45, 2.75) is 52.6 Å². The summed E-state index contributed by atoms with van der Waals surface area (Å²) in [4.78, 5) is 23.5. The summed E-state index contributed by atoms with van der Waals surface area (Å²) in [5.74, 6) is -0.838. The summed E-state index contributed by atoms with van der Waals surface area (Å²) < 4.78 is 5.17. The molecule has 0 saturated heterocycles. The molecule has 0 aromatic heterocycles. The molecular formula is C18H27NO4. The minimum atomic E-state index is -0.892. The van der Waals surface area contributed by atoms with Crippen molar-refractivity contribution in [3.05, 3.63) is 35.9 Å². The number of amides is 1. The van der Waals surface area contributed by atoms with Crippen LogP contribution in [0.2, 0.25) is 0 Å². The molecule has 1 amide bonds. The highest BCUT2D eigenvalue weighted by molar-refractivity contribution is 5.75. The van der Waals surface area contributed by atoms with Gasteiger partial charge < -0.3 is 15.2 Å². The zero-order valence-electron chi connectivity index (χ0n) is 14.4. The fourth-order valence-corrected chi connectivity index (χ4v) is 2.43. The summed E-state index contributed by atoms with van der Waals surface area (Å²) in [6, 6.07) is 9.55. The maximum atomic E-state index is 11.8. The molecule has 5 heteroatoms. The van der Waals surface area contributed by atoms with Gasteiger partial charge in [0.2, 0.25) is 0 Å². The third kappa shape index (κ3) is 6.30. The second-order valence-corrected chi connectivity index (χ2v) is 6.78. The molecule has 5 nitrogen and oxygen atoms in total. The summed E-state index contributed by atoms with van der Waals surface area (Å²) in [5, 5.41) is 12.3. The van der Waals surface area contributed by atoms with Crippen LogP contribution in [0.25, 0.3) is 0 Å². The van der Waals surface area contributed by atoms with Crippen molar-refractivity contribution in [1.29, 1.82) is 0 Å². The Labute approximate surface area is 138 Å². The van der Waals surface area contributed by atoms with Crippen LogP contribution in [0, 0.1) is 5.41 Å². The Hall–Kier alpha value is -2.04. The van der Waals surface area contributed by atoms with Crippen molar-refractivity contribution in [1.82, 2.24) is 5.32 Å². The summed E-state index contributed by atoms with van der Waals surface area (Å²) in [5.41, 5.74) is -0.479. The number of hydrogen-bond acceptors (Lipinski definition) is 3. The smallest absolute Gasteiger partial charge is 0.407 e. The van der Waals surface area contributed by atoms with E-state index >= 15 is 0 Å². The molecular weight excluding hydrogens is 294 g/mol. The second-order valence-electron chi connectivity index (χ2n) is 6.78. The van der Waals surface area contributed by atoms with E-state index in [1.54, 1.807) is 20.8 Å². The van der Waals surface area contributed by atoms with Crippen molar-refractivity contribution in [3.8, 4) is 0 Å². The molecule has 23 heavy (non-hydrogen) atoms. The third-order valence-corrected chi connectivity index (χ3v) is 3.79. The largest absolute Gasteiger partial charge is 0.481 e. The number of rotatable bonds is 7. The van der Waals surface area contributed by atoms with Gasteiger partial charge in [-0.15, -0.1) is 0 Å². The van der Waals surface area contributed by atoms with Crippen LogP contribution in [0.5, 0.6) is 0 Å². The monoisotopic (exact) mass is 321 g/mol. The van der Waals surface area contributed by atoms with Crippen LogP contribution in [-0.4, -0.2) is 29.3 Å². The van der Waals surface area contributed by atoms with E-state index < -0.39 is 23.1 Å². The van der Waals surface area contributed by atoms with Gasteiger partial charge in [-0.1, -0.05) is 37.3 Å². The Morgan fingerprint density at radius 3 is 2.26 bits per heavy atom. The average molecular weight is 321 g/mol. The quantitative estimate of drug-likeness (QED) is 0.804. The predicted molar refractivity (Wildman–Crippen MR) is 89.4 cm³/mol. The van der Waals surface area contributed by atoms with E-state index in [0.29, 0.717) is 19.3 Å². The Bertz CT molecular complexity index is 522. The van der Waals surface area contributed by atoms with Gasteiger partial charge >= 0.3 is 12.1 Å². The lowest BCUT2D eigenvalue weighted by atomic mass is 9.76. The van der Waals surface area contributed by atoms with Crippen molar-refractivity contribution in [2.24, 2.45) is 5.41 Å². The Morgan fingerprint density at radius 1 is 1.17 bits per heavy atom. The topological polar surface area (TPSA) is 75.6 Å². The zero-order valence-corrected chi connectivity index (χ0v) is 14.4. The van der Waals surface area contributed by atoms with Crippen LogP contribution in [0.4, 0.5) is 4.79 Å². The van der Waals surface area contributed by atoms with Crippen LogP contribution >= 0.6 is 0 Å². The summed E-state index contributed by atoms with van der Waals surface area (Å²) in [7, 11) is 0. The lowest BCUT2D eigenvalue weighted by molar-refractivity contribution is -0.149. The van der Waals surface area contributed by atoms with E-state index in [9.17, 15) is 14.7 Å². The van der Waals surface area contributed by atoms with Crippen LogP contribution < -0.4 is 5.32 Å². The van der Waals surface area contributed by atoms with Gasteiger partial charge in [-0.3, -0.25) is 4.79 Å². The fourth-order valence-electron chi connectivity index (χ4n) is 2.43. The van der Waals surface area contributed by atoms with Crippen LogP contribution in [0.1, 0.15) is 46.1 Å². The van der Waals surface area contributed by atoms with Gasteiger partial charge in [-0.05, 0) is 45.6 Å². The van der Waals surface area contributed by atoms with Gasteiger partial charge in [0.25, 0.3) is 0 Å². The van der Waals surface area contributed by atoms with E-state index in [4.69, 9.17) is 4.74 Å². The molecule has 2 N–H and O–H groups in total. The van der Waals surface area contributed by atoms with Gasteiger partial charge in [0.1, 0.15) is 5.60 Å². The van der Waals surface area contributed by atoms with E-state index in [2.05, 4.69) is 5.32 Å². The van der Waals surface area contributed by atoms with Gasteiger partial charge in [0.15, 0.2) is 0 Å². The van der Waals surface area contributed by atoms with Gasteiger partial charge in [-0.25, -0.2) is 4.79 Å². The molecule has 1 aromatic rings. The van der Waals surface area contributed by atoms with Gasteiger partial charge in [0, 0.05) is 6.54 Å². The number of nitrogens with one attached hydrogen (secondary N) is 1. The Morgan fingerprint density at radius 2 is 1.78 bits per heavy atom. The molecule has 1 unspecified atom stereocenters. The number of aliphatic carboxylic acids is 1. The van der Waals surface area contributed by atoms with Crippen LogP contribution in [0.3, 0.4) is 0 Å². The molecule has 1 aromatic carbocycles. The number of carboxylic acids is 1. The molecule has 1 atom stereocenters. The first kappa shape index (κ1) is 19.0. The highest BCUT2D eigenvalue weighted by Crippen LogP contribution is 2.31. The highest BCUT2D eigenvalue weighted by atomic mass is 16.6. The minimum absolute atomic E-state index is 0.266. The lowest BCUT2D eigenvalue weighted by Gasteiger charge is -2.29. The van der Waals surface area contributed by atoms with Crippen LogP contribution in [0.15, 0.2) is 30.3 Å². The molecule has 0 radical (unpaired) electrons. The number of alkyl carbamates (subject to hydrolysis) is 1. The SMILES string of the molecule is CCC(CCNC(=O)OC(C)(C)C)(Cc1ccccc1)C(=O)O. The van der Waals surface area contributed by atoms with E-state index in [0.717, 1.165) is 5.56 Å². The third-order valence-electron chi connectivity index (χ3n) is 3.79. The second kappa shape index (κ2) is 7.99. The molecule has 0 aliphatic carbocycles. The van der Waals surface area contributed by atoms with E-state index in [1.165, 1.54) is 0 Å². The maximum absolute atomic E-state index is 11.8. The average Bonchev–Trinajstić information content (AvgIpc) is 2.45. The molecule has 0 heterocycles. The first-order valence-corrected chi connectivity index (χ1v) is 7.93. The summed E-state index contributed by atoms with van der Waals surface area (Å²) >= 11 is 0. The standard InChI is InChI=1S/C18H27NO4/c1-5-18(15(20)21,13-14-9-7-6-8-10-14)11-12-19-16(22)23-17(2,3)4/h6-10H,5,11-13H2,1-4H3,(H,19,22)(H,20,21). The van der Waals surface area contributed by atoms with Crippen molar-refractivity contribution < 1.29 is 19.4 Å². The molecule has 1 rings (SSSR count). The van der Waals surface area contributed by atoms with Crippen molar-refractivity contribution >= 4 is 12.1 Å². The normalized spacial score (nSPS) is 13.9. The van der Waals surface area contributed by atoms with E-state index in [-0.39, 0.29) is 6.54 Å². The molecule has 0 spiro atoms. The van der Waals surface area contributed by atoms with Crippen LogP contribution in [-0.2, 0) is 16.0 Å². The number of carboxylic acid groups (broad SMARTS) is 1. The number of carbonyl (C=O) groups excluding carboxylic acids is 1. The first-order valence-electron chi connectivity index (χ1n) is 7.93. The summed E-state index contributed by atoms with van der Waals surface area (Å²) in [6.07, 6.45) is 0.767. The number of benzene rings is 1. The lowest BCUT2D eigenvalue weighted by Crippen LogP contribution is -2.39. The molecule has 0 aliphatic rings. The van der Waals surface area contributed by atoms with Crippen molar-refractivity contribution in [2.75, 3.05) is 6.54 Å². The highest BCUT2D eigenvalue weighted by Gasteiger charge is 2.36. The number of carbonyl (C=O) groups is 2. The zero-order chi connectivity index (χ0) is 17.5. The minimum Gasteiger partial charge on any atom is -0.481 e. The van der Waals surface area contributed by atoms with Gasteiger partial charge in [0.05, 0.1) is 5.41 Å². The molecule has 0 fully saturated rings. The number of ether oxygens (including phenoxy) is 1. The molecule has 0 saturated carbocycles. The van der Waals surface area contributed by atoms with Gasteiger partial charge in [-0.2, -0.15) is 0 Å².